The third-order valence-corrected chi connectivity index (χ3v) is 4.42. The zero-order chi connectivity index (χ0) is 14.0. The summed E-state index contributed by atoms with van der Waals surface area (Å²) in [5.41, 5.74) is 1.09. The van der Waals surface area contributed by atoms with Crippen LogP contribution < -0.4 is 4.72 Å². The lowest BCUT2D eigenvalue weighted by Crippen LogP contribution is -2.13. The molecule has 0 aromatic heterocycles. The first-order valence-corrected chi connectivity index (χ1v) is 7.74. The Morgan fingerprint density at radius 2 is 1.89 bits per heavy atom. The van der Waals surface area contributed by atoms with E-state index in [2.05, 4.69) is 20.7 Å². The highest BCUT2D eigenvalue weighted by Crippen LogP contribution is 2.24. The van der Waals surface area contributed by atoms with E-state index in [1.165, 1.54) is 30.3 Å². The number of rotatable bonds is 3. The third kappa shape index (κ3) is 3.27. The van der Waals surface area contributed by atoms with Crippen LogP contribution in [-0.2, 0) is 10.0 Å². The molecule has 2 rings (SSSR count). The quantitative estimate of drug-likeness (QED) is 0.842. The highest BCUT2D eigenvalue weighted by molar-refractivity contribution is 9.10. The highest BCUT2D eigenvalue weighted by atomic mass is 79.9. The molecule has 0 saturated carbocycles. The second kappa shape index (κ2) is 5.22. The molecule has 0 unspecified atom stereocenters. The Morgan fingerprint density at radius 1 is 1.16 bits per heavy atom. The molecule has 0 aliphatic heterocycles. The van der Waals surface area contributed by atoms with Crippen molar-refractivity contribution in [1.82, 2.24) is 0 Å². The molecular formula is C13H12BrNO3S. The van der Waals surface area contributed by atoms with Gasteiger partial charge in [0.1, 0.15) is 5.75 Å². The van der Waals surface area contributed by atoms with Crippen molar-refractivity contribution in [3.8, 4) is 5.75 Å². The number of sulfonamides is 1. The predicted octanol–water partition coefficient (Wildman–Crippen LogP) is 3.26. The predicted molar refractivity (Wildman–Crippen MR) is 77.8 cm³/mol. The Labute approximate surface area is 120 Å². The fourth-order valence-corrected chi connectivity index (χ4v) is 3.33. The van der Waals surface area contributed by atoms with E-state index in [1.807, 2.05) is 0 Å². The summed E-state index contributed by atoms with van der Waals surface area (Å²) in [6.07, 6.45) is 0. The molecule has 0 amide bonds. The van der Waals surface area contributed by atoms with Crippen molar-refractivity contribution in [3.63, 3.8) is 0 Å². The van der Waals surface area contributed by atoms with Crippen molar-refractivity contribution >= 4 is 31.6 Å². The van der Waals surface area contributed by atoms with E-state index in [0.29, 0.717) is 15.7 Å². The Kier molecular flexibility index (Phi) is 3.82. The number of benzene rings is 2. The van der Waals surface area contributed by atoms with E-state index in [-0.39, 0.29) is 10.6 Å². The Balaban J connectivity index is 2.36. The summed E-state index contributed by atoms with van der Waals surface area (Å²) in [7, 11) is -3.63. The average molecular weight is 342 g/mol. The van der Waals surface area contributed by atoms with Crippen molar-refractivity contribution in [2.75, 3.05) is 4.72 Å². The normalized spacial score (nSPS) is 11.3. The van der Waals surface area contributed by atoms with Gasteiger partial charge in [0.15, 0.2) is 0 Å². The molecular weight excluding hydrogens is 330 g/mol. The topological polar surface area (TPSA) is 66.4 Å². The van der Waals surface area contributed by atoms with Crippen LogP contribution in [0.25, 0.3) is 0 Å². The minimum Gasteiger partial charge on any atom is -0.508 e. The van der Waals surface area contributed by atoms with Crippen LogP contribution in [0.3, 0.4) is 0 Å². The van der Waals surface area contributed by atoms with Gasteiger partial charge in [-0.3, -0.25) is 4.72 Å². The van der Waals surface area contributed by atoms with Gasteiger partial charge in [-0.2, -0.15) is 0 Å². The number of aryl methyl sites for hydroxylation is 1. The van der Waals surface area contributed by atoms with E-state index in [1.54, 1.807) is 19.1 Å². The summed E-state index contributed by atoms with van der Waals surface area (Å²) in [5.74, 6) is 0.0999. The van der Waals surface area contributed by atoms with Crippen LogP contribution in [0.5, 0.6) is 5.75 Å². The van der Waals surface area contributed by atoms with Gasteiger partial charge in [-0.05, 0) is 48.9 Å². The van der Waals surface area contributed by atoms with Crippen LogP contribution in [0.1, 0.15) is 5.56 Å². The van der Waals surface area contributed by atoms with E-state index in [9.17, 15) is 13.5 Å². The number of hydrogen-bond donors (Lipinski definition) is 2. The van der Waals surface area contributed by atoms with Crippen molar-refractivity contribution < 1.29 is 13.5 Å². The number of aromatic hydroxyl groups is 1. The first kappa shape index (κ1) is 13.9. The van der Waals surface area contributed by atoms with Crippen LogP contribution in [0.2, 0.25) is 0 Å². The van der Waals surface area contributed by atoms with Crippen molar-refractivity contribution in [1.29, 1.82) is 0 Å². The van der Waals surface area contributed by atoms with Gasteiger partial charge in [0, 0.05) is 4.47 Å². The standard InChI is InChI=1S/C13H12BrNO3S/c1-9-7-11(16)5-6-13(9)15-19(17,18)12-4-2-3-10(14)8-12/h2-8,15-16H,1H3. The van der Waals surface area contributed by atoms with E-state index < -0.39 is 10.0 Å². The number of halogens is 1. The molecule has 0 atom stereocenters. The Morgan fingerprint density at radius 3 is 2.53 bits per heavy atom. The van der Waals surface area contributed by atoms with Gasteiger partial charge >= 0.3 is 0 Å². The molecule has 2 N–H and O–H groups in total. The highest BCUT2D eigenvalue weighted by Gasteiger charge is 2.15. The Bertz CT molecular complexity index is 714. The largest absolute Gasteiger partial charge is 0.508 e. The lowest BCUT2D eigenvalue weighted by molar-refractivity contribution is 0.475. The first-order chi connectivity index (χ1) is 8.88. The van der Waals surface area contributed by atoms with Crippen molar-refractivity contribution in [2.45, 2.75) is 11.8 Å². The smallest absolute Gasteiger partial charge is 0.261 e. The zero-order valence-electron chi connectivity index (χ0n) is 10.1. The maximum atomic E-state index is 12.2. The van der Waals surface area contributed by atoms with Gasteiger partial charge in [-0.1, -0.05) is 22.0 Å². The SMILES string of the molecule is Cc1cc(O)ccc1NS(=O)(=O)c1cccc(Br)c1. The summed E-state index contributed by atoms with van der Waals surface area (Å²) < 4.78 is 27.6. The molecule has 19 heavy (non-hydrogen) atoms. The number of phenols is 1. The summed E-state index contributed by atoms with van der Waals surface area (Å²) in [6, 6.07) is 10.9. The summed E-state index contributed by atoms with van der Waals surface area (Å²) in [5, 5.41) is 9.31. The van der Waals surface area contributed by atoms with Gasteiger partial charge in [0.05, 0.1) is 10.6 Å². The van der Waals surface area contributed by atoms with Gasteiger partial charge in [-0.15, -0.1) is 0 Å². The van der Waals surface area contributed by atoms with Crippen LogP contribution in [0, 0.1) is 6.92 Å². The molecule has 2 aromatic carbocycles. The summed E-state index contributed by atoms with van der Waals surface area (Å²) in [4.78, 5) is 0.175. The van der Waals surface area contributed by atoms with E-state index in [4.69, 9.17) is 0 Å². The molecule has 0 saturated heterocycles. The molecule has 0 spiro atoms. The van der Waals surface area contributed by atoms with Gasteiger partial charge in [0.2, 0.25) is 0 Å². The average Bonchev–Trinajstić information content (AvgIpc) is 2.33. The zero-order valence-corrected chi connectivity index (χ0v) is 12.5. The minimum atomic E-state index is -3.63. The van der Waals surface area contributed by atoms with Gasteiger partial charge in [0.25, 0.3) is 10.0 Å². The fourth-order valence-electron chi connectivity index (χ4n) is 1.60. The Hall–Kier alpha value is -1.53. The minimum absolute atomic E-state index is 0.0999. The van der Waals surface area contributed by atoms with E-state index >= 15 is 0 Å². The van der Waals surface area contributed by atoms with Gasteiger partial charge < -0.3 is 5.11 Å². The van der Waals surface area contributed by atoms with E-state index in [0.717, 1.165) is 0 Å². The van der Waals surface area contributed by atoms with Crippen molar-refractivity contribution in [2.24, 2.45) is 0 Å². The second-order valence-corrected chi connectivity index (χ2v) is 6.66. The van der Waals surface area contributed by atoms with Crippen LogP contribution in [0.4, 0.5) is 5.69 Å². The molecule has 0 radical (unpaired) electrons. The molecule has 2 aromatic rings. The second-order valence-electron chi connectivity index (χ2n) is 4.06. The van der Waals surface area contributed by atoms with Crippen molar-refractivity contribution in [3.05, 3.63) is 52.5 Å². The number of nitrogens with one attached hydrogen (secondary N) is 1. The first-order valence-electron chi connectivity index (χ1n) is 5.46. The molecule has 0 aliphatic carbocycles. The monoisotopic (exact) mass is 341 g/mol. The number of hydrogen-bond acceptors (Lipinski definition) is 3. The van der Waals surface area contributed by atoms with Crippen LogP contribution in [-0.4, -0.2) is 13.5 Å². The lowest BCUT2D eigenvalue weighted by Gasteiger charge is -2.11. The fraction of sp³-hybridized carbons (Fsp3) is 0.0769. The van der Waals surface area contributed by atoms with Crippen LogP contribution >= 0.6 is 15.9 Å². The molecule has 0 aliphatic rings. The lowest BCUT2D eigenvalue weighted by atomic mass is 10.2. The van der Waals surface area contributed by atoms with Crippen LogP contribution in [0.15, 0.2) is 51.8 Å². The summed E-state index contributed by atoms with van der Waals surface area (Å²) in [6.45, 7) is 1.72. The maximum absolute atomic E-state index is 12.2. The number of phenolic OH excluding ortho intramolecular Hbond substituents is 1. The third-order valence-electron chi connectivity index (χ3n) is 2.56. The maximum Gasteiger partial charge on any atom is 0.261 e. The molecule has 0 bridgehead atoms. The van der Waals surface area contributed by atoms with Gasteiger partial charge in [-0.25, -0.2) is 8.42 Å². The number of anilines is 1. The molecule has 100 valence electrons. The molecule has 4 nitrogen and oxygen atoms in total. The molecule has 0 heterocycles. The molecule has 0 fully saturated rings. The molecule has 6 heteroatoms. The summed E-state index contributed by atoms with van der Waals surface area (Å²) >= 11 is 3.24.